The quantitative estimate of drug-likeness (QED) is 0.349. The molecule has 9 heteroatoms. The Morgan fingerprint density at radius 3 is 2.71 bits per heavy atom. The van der Waals surface area contributed by atoms with Gasteiger partial charge >= 0.3 is 0 Å². The lowest BCUT2D eigenvalue weighted by Crippen LogP contribution is -2.32. The molecule has 2 aromatic carbocycles. The third-order valence-electron chi connectivity index (χ3n) is 4.13. The molecule has 0 aliphatic carbocycles. The molecule has 3 rings (SSSR count). The number of nitrogens with zero attached hydrogens (tertiary/aromatic N) is 1. The second-order valence-corrected chi connectivity index (χ2v) is 8.39. The Morgan fingerprint density at radius 2 is 2.00 bits per heavy atom. The van der Waals surface area contributed by atoms with Crippen LogP contribution in [-0.4, -0.2) is 42.9 Å². The zero-order chi connectivity index (χ0) is 22.4. The van der Waals surface area contributed by atoms with E-state index in [4.69, 9.17) is 32.2 Å². The predicted octanol–water partition coefficient (Wildman–Crippen LogP) is 5.24. The smallest absolute Gasteiger partial charge is 0.293 e. The van der Waals surface area contributed by atoms with E-state index in [9.17, 15) is 9.59 Å². The van der Waals surface area contributed by atoms with Crippen molar-refractivity contribution in [3.05, 3.63) is 56.4 Å². The number of imide groups is 1. The lowest BCUT2D eigenvalue weighted by atomic mass is 10.2. The number of carbonyl (C=O) groups is 2. The van der Waals surface area contributed by atoms with E-state index in [-0.39, 0.29) is 30.9 Å². The second-order valence-electron chi connectivity index (χ2n) is 6.14. The van der Waals surface area contributed by atoms with Crippen molar-refractivity contribution in [3.63, 3.8) is 0 Å². The van der Waals surface area contributed by atoms with E-state index in [0.717, 1.165) is 16.7 Å². The maximum absolute atomic E-state index is 12.7. The highest BCUT2D eigenvalue weighted by Crippen LogP contribution is 2.39. The van der Waals surface area contributed by atoms with Gasteiger partial charge in [-0.1, -0.05) is 29.7 Å². The SMILES string of the molecule is C#CCOc1c(Br)cc(/C=C2\SC(=O)N(CCOc3ccccc3Cl)C2=O)cc1OC. The zero-order valence-corrected chi connectivity index (χ0v) is 19.6. The molecule has 0 atom stereocenters. The molecule has 1 saturated heterocycles. The third kappa shape index (κ3) is 5.56. The summed E-state index contributed by atoms with van der Waals surface area (Å²) in [5, 5.41) is 0.102. The van der Waals surface area contributed by atoms with E-state index in [1.165, 1.54) is 7.11 Å². The lowest BCUT2D eigenvalue weighted by molar-refractivity contribution is -0.123. The summed E-state index contributed by atoms with van der Waals surface area (Å²) in [6.07, 6.45) is 6.86. The van der Waals surface area contributed by atoms with Crippen molar-refractivity contribution in [2.75, 3.05) is 26.9 Å². The van der Waals surface area contributed by atoms with Crippen LogP contribution in [0.4, 0.5) is 4.79 Å². The first-order valence-electron chi connectivity index (χ1n) is 9.01. The highest BCUT2D eigenvalue weighted by Gasteiger charge is 2.35. The van der Waals surface area contributed by atoms with Crippen LogP contribution in [0.15, 0.2) is 45.8 Å². The first kappa shape index (κ1) is 23.1. The van der Waals surface area contributed by atoms with E-state index < -0.39 is 0 Å². The molecule has 1 fully saturated rings. The molecule has 6 nitrogen and oxygen atoms in total. The monoisotopic (exact) mass is 521 g/mol. The van der Waals surface area contributed by atoms with Crippen LogP contribution in [0.2, 0.25) is 5.02 Å². The molecule has 0 N–H and O–H groups in total. The molecule has 160 valence electrons. The molecule has 31 heavy (non-hydrogen) atoms. The van der Waals surface area contributed by atoms with Crippen LogP contribution in [-0.2, 0) is 4.79 Å². The Hall–Kier alpha value is -2.60. The van der Waals surface area contributed by atoms with E-state index >= 15 is 0 Å². The van der Waals surface area contributed by atoms with Crippen LogP contribution in [0.3, 0.4) is 0 Å². The van der Waals surface area contributed by atoms with E-state index in [0.29, 0.717) is 37.2 Å². The van der Waals surface area contributed by atoms with Crippen molar-refractivity contribution >= 4 is 56.5 Å². The van der Waals surface area contributed by atoms with Crippen LogP contribution >= 0.6 is 39.3 Å². The van der Waals surface area contributed by atoms with Gasteiger partial charge in [0.05, 0.1) is 28.1 Å². The summed E-state index contributed by atoms with van der Waals surface area (Å²) in [5.41, 5.74) is 0.662. The summed E-state index contributed by atoms with van der Waals surface area (Å²) < 4.78 is 17.0. The fourth-order valence-electron chi connectivity index (χ4n) is 2.73. The van der Waals surface area contributed by atoms with Crippen LogP contribution < -0.4 is 14.2 Å². The van der Waals surface area contributed by atoms with Crippen molar-refractivity contribution in [2.24, 2.45) is 0 Å². The van der Waals surface area contributed by atoms with Gasteiger partial charge in [-0.25, -0.2) is 0 Å². The van der Waals surface area contributed by atoms with Crippen molar-refractivity contribution in [2.45, 2.75) is 0 Å². The Labute approximate surface area is 197 Å². The van der Waals surface area contributed by atoms with Gasteiger partial charge in [0.15, 0.2) is 11.5 Å². The summed E-state index contributed by atoms with van der Waals surface area (Å²) in [5.74, 6) is 3.41. The van der Waals surface area contributed by atoms with Crippen molar-refractivity contribution in [1.82, 2.24) is 4.90 Å². The van der Waals surface area contributed by atoms with Crippen molar-refractivity contribution in [1.29, 1.82) is 0 Å². The van der Waals surface area contributed by atoms with Crippen LogP contribution in [0, 0.1) is 12.3 Å². The molecule has 0 spiro atoms. The summed E-state index contributed by atoms with van der Waals surface area (Å²) in [6.45, 7) is 0.332. The number of hydrogen-bond donors (Lipinski definition) is 0. The number of rotatable bonds is 8. The first-order chi connectivity index (χ1) is 14.9. The number of para-hydroxylation sites is 1. The minimum atomic E-state index is -0.388. The molecule has 1 heterocycles. The molecule has 0 saturated carbocycles. The molecule has 0 unspecified atom stereocenters. The Bertz CT molecular complexity index is 1080. The first-order valence-corrected chi connectivity index (χ1v) is 11.0. The van der Waals surface area contributed by atoms with Crippen molar-refractivity contribution in [3.8, 4) is 29.6 Å². The lowest BCUT2D eigenvalue weighted by Gasteiger charge is -2.14. The zero-order valence-electron chi connectivity index (χ0n) is 16.4. The van der Waals surface area contributed by atoms with Gasteiger partial charge in [-0.15, -0.1) is 6.42 Å². The second kappa shape index (κ2) is 10.6. The van der Waals surface area contributed by atoms with Crippen LogP contribution in [0.25, 0.3) is 6.08 Å². The number of hydrogen-bond acceptors (Lipinski definition) is 6. The topological polar surface area (TPSA) is 65.1 Å². The number of ether oxygens (including phenoxy) is 3. The fourth-order valence-corrected chi connectivity index (χ4v) is 4.36. The number of halogens is 2. The summed E-state index contributed by atoms with van der Waals surface area (Å²) in [6, 6.07) is 10.5. The molecule has 0 radical (unpaired) electrons. The molecule has 2 amide bonds. The maximum Gasteiger partial charge on any atom is 0.293 e. The molecule has 0 bridgehead atoms. The highest BCUT2D eigenvalue weighted by atomic mass is 79.9. The molecule has 1 aliphatic rings. The number of terminal acetylenes is 1. The molecular weight excluding hydrogens is 506 g/mol. The predicted molar refractivity (Wildman–Crippen MR) is 125 cm³/mol. The Balaban J connectivity index is 1.72. The number of methoxy groups -OCH3 is 1. The van der Waals surface area contributed by atoms with Gasteiger partial charge in [-0.05, 0) is 63.6 Å². The average molecular weight is 523 g/mol. The third-order valence-corrected chi connectivity index (χ3v) is 5.94. The van der Waals surface area contributed by atoms with E-state index in [1.807, 2.05) is 0 Å². The number of carbonyl (C=O) groups excluding carboxylic acids is 2. The van der Waals surface area contributed by atoms with Gasteiger partial charge in [-0.3, -0.25) is 14.5 Å². The minimum absolute atomic E-state index is 0.0868. The Morgan fingerprint density at radius 1 is 1.23 bits per heavy atom. The van der Waals surface area contributed by atoms with Gasteiger partial charge in [-0.2, -0.15) is 0 Å². The largest absolute Gasteiger partial charge is 0.493 e. The molecular formula is C22H17BrClNO5S. The number of thioether (sulfide) groups is 1. The fraction of sp³-hybridized carbons (Fsp3) is 0.182. The van der Waals surface area contributed by atoms with E-state index in [1.54, 1.807) is 42.5 Å². The van der Waals surface area contributed by atoms with Gasteiger partial charge in [0, 0.05) is 0 Å². The highest BCUT2D eigenvalue weighted by molar-refractivity contribution is 9.10. The van der Waals surface area contributed by atoms with Gasteiger partial charge in [0.2, 0.25) is 0 Å². The number of amides is 2. The summed E-state index contributed by atoms with van der Waals surface area (Å²) in [7, 11) is 1.50. The molecule has 1 aliphatic heterocycles. The standard InChI is InChI=1S/C22H17BrClNO5S/c1-3-9-30-20-15(23)11-14(12-18(20)28-2)13-19-21(26)25(22(27)31-19)8-10-29-17-7-5-4-6-16(17)24/h1,4-7,11-13H,8-10H2,2H3/b19-13-. The molecule has 0 aromatic heterocycles. The number of benzene rings is 2. The van der Waals surface area contributed by atoms with Gasteiger partial charge < -0.3 is 14.2 Å². The maximum atomic E-state index is 12.7. The van der Waals surface area contributed by atoms with Crippen molar-refractivity contribution < 1.29 is 23.8 Å². The molecule has 2 aromatic rings. The average Bonchev–Trinajstić information content (AvgIpc) is 3.01. The normalized spacial score (nSPS) is 14.6. The van der Waals surface area contributed by atoms with Crippen LogP contribution in [0.1, 0.15) is 5.56 Å². The summed E-state index contributed by atoms with van der Waals surface area (Å²) >= 11 is 10.3. The van der Waals surface area contributed by atoms with Crippen LogP contribution in [0.5, 0.6) is 17.2 Å². The van der Waals surface area contributed by atoms with E-state index in [2.05, 4.69) is 21.9 Å². The van der Waals surface area contributed by atoms with Gasteiger partial charge in [0.25, 0.3) is 11.1 Å². The Kier molecular flexibility index (Phi) is 7.91. The van der Waals surface area contributed by atoms with Gasteiger partial charge in [0.1, 0.15) is 19.0 Å². The summed E-state index contributed by atoms with van der Waals surface area (Å²) in [4.78, 5) is 26.5. The minimum Gasteiger partial charge on any atom is -0.493 e.